The molecule has 2 aliphatic rings. The number of hydrogen-bond donors (Lipinski definition) is 2. The molecule has 222 valence electrons. The summed E-state index contributed by atoms with van der Waals surface area (Å²) in [6.45, 7) is 6.50. The van der Waals surface area contributed by atoms with Gasteiger partial charge in [-0.15, -0.1) is 0 Å². The van der Waals surface area contributed by atoms with Gasteiger partial charge in [-0.05, 0) is 79.4 Å². The molecule has 0 bridgehead atoms. The fraction of sp³-hybridized carbons (Fsp3) is 0.343. The molecule has 1 saturated heterocycles. The molecule has 4 aromatic rings. The van der Waals surface area contributed by atoms with Crippen molar-refractivity contribution in [1.29, 1.82) is 0 Å². The molecule has 8 heteroatoms. The van der Waals surface area contributed by atoms with E-state index in [1.54, 1.807) is 6.07 Å². The lowest BCUT2D eigenvalue weighted by molar-refractivity contribution is -0.116. The Labute approximate surface area is 253 Å². The Balaban J connectivity index is 1.07. The van der Waals surface area contributed by atoms with Crippen molar-refractivity contribution in [3.05, 3.63) is 107 Å². The van der Waals surface area contributed by atoms with Crippen LogP contribution in [0.25, 0.3) is 11.3 Å². The van der Waals surface area contributed by atoms with Crippen molar-refractivity contribution in [2.24, 2.45) is 0 Å². The monoisotopic (exact) mass is 578 g/mol. The summed E-state index contributed by atoms with van der Waals surface area (Å²) < 4.78 is 13.4. The Hall–Kier alpha value is -4.14. The Morgan fingerprint density at radius 2 is 1.81 bits per heavy atom. The molecule has 2 N–H and O–H groups in total. The van der Waals surface area contributed by atoms with Crippen molar-refractivity contribution in [2.75, 3.05) is 56.9 Å². The molecular formula is C35H39FN6O. The minimum absolute atomic E-state index is 0.0881. The number of anilines is 2. The average molecular weight is 579 g/mol. The van der Waals surface area contributed by atoms with Crippen LogP contribution in [0.5, 0.6) is 0 Å². The third-order valence-corrected chi connectivity index (χ3v) is 8.54. The Bertz CT molecular complexity index is 1550. The molecule has 1 fully saturated rings. The van der Waals surface area contributed by atoms with E-state index in [2.05, 4.69) is 68.9 Å². The maximum Gasteiger partial charge on any atom is 0.224 e. The van der Waals surface area contributed by atoms with Crippen LogP contribution in [-0.2, 0) is 17.6 Å². The van der Waals surface area contributed by atoms with Gasteiger partial charge in [0.1, 0.15) is 5.82 Å². The second-order valence-corrected chi connectivity index (χ2v) is 11.6. The zero-order valence-corrected chi connectivity index (χ0v) is 24.7. The minimum Gasteiger partial charge on any atom is -0.354 e. The fourth-order valence-corrected chi connectivity index (χ4v) is 6.07. The normalized spacial score (nSPS) is 16.7. The highest BCUT2D eigenvalue weighted by molar-refractivity contribution is 5.90. The highest BCUT2D eigenvalue weighted by Crippen LogP contribution is 2.42. The number of carbonyl (C=O) groups excluding carboxylic acids is 1. The number of aromatic nitrogens is 2. The summed E-state index contributed by atoms with van der Waals surface area (Å²) in [4.78, 5) is 27.1. The molecule has 1 unspecified atom stereocenters. The number of benzene rings is 3. The van der Waals surface area contributed by atoms with E-state index in [4.69, 9.17) is 4.98 Å². The zero-order valence-electron chi connectivity index (χ0n) is 24.7. The van der Waals surface area contributed by atoms with E-state index in [0.29, 0.717) is 18.8 Å². The van der Waals surface area contributed by atoms with Crippen LogP contribution in [0.4, 0.5) is 16.0 Å². The van der Waals surface area contributed by atoms with Crippen molar-refractivity contribution < 1.29 is 9.18 Å². The topological polar surface area (TPSA) is 73.4 Å². The van der Waals surface area contributed by atoms with Crippen LogP contribution >= 0.6 is 0 Å². The summed E-state index contributed by atoms with van der Waals surface area (Å²) in [6.07, 6.45) is 4.64. The van der Waals surface area contributed by atoms with Gasteiger partial charge < -0.3 is 20.4 Å². The predicted octanol–water partition coefficient (Wildman–Crippen LogP) is 5.59. The molecule has 3 aromatic carbocycles. The number of hydrogen-bond acceptors (Lipinski definition) is 6. The van der Waals surface area contributed by atoms with Crippen molar-refractivity contribution in [3.8, 4) is 11.3 Å². The number of piperazine rings is 1. The first-order chi connectivity index (χ1) is 21.0. The first-order valence-electron chi connectivity index (χ1n) is 15.3. The van der Waals surface area contributed by atoms with Crippen molar-refractivity contribution in [2.45, 2.75) is 31.6 Å². The molecule has 0 radical (unpaired) electrons. The Morgan fingerprint density at radius 3 is 2.63 bits per heavy atom. The van der Waals surface area contributed by atoms with Gasteiger partial charge in [0.2, 0.25) is 11.9 Å². The number of aryl methyl sites for hydroxylation is 1. The van der Waals surface area contributed by atoms with Gasteiger partial charge in [0, 0.05) is 62.5 Å². The van der Waals surface area contributed by atoms with E-state index in [9.17, 15) is 9.18 Å². The van der Waals surface area contributed by atoms with Crippen LogP contribution in [0.2, 0.25) is 0 Å². The van der Waals surface area contributed by atoms with E-state index in [1.807, 2.05) is 24.4 Å². The Kier molecular flexibility index (Phi) is 9.05. The van der Waals surface area contributed by atoms with Crippen molar-refractivity contribution in [3.63, 3.8) is 0 Å². The van der Waals surface area contributed by atoms with Gasteiger partial charge in [0.15, 0.2) is 0 Å². The summed E-state index contributed by atoms with van der Waals surface area (Å²) >= 11 is 0. The SMILES string of the molecule is CN1CCN(CCCNc2ncc3c(n2)-c2ccccc2C(c2ccc(NC(=O)CCc4cccc(F)c4)cc2)C3)CC1. The van der Waals surface area contributed by atoms with Crippen LogP contribution in [-0.4, -0.2) is 72.0 Å². The molecule has 7 nitrogen and oxygen atoms in total. The third kappa shape index (κ3) is 7.27. The molecule has 0 spiro atoms. The number of rotatable bonds is 10. The van der Waals surface area contributed by atoms with Gasteiger partial charge >= 0.3 is 0 Å². The predicted molar refractivity (Wildman–Crippen MR) is 170 cm³/mol. The molecular weight excluding hydrogens is 539 g/mol. The number of nitrogens with one attached hydrogen (secondary N) is 2. The lowest BCUT2D eigenvalue weighted by Gasteiger charge is -2.32. The molecule has 0 saturated carbocycles. The zero-order chi connectivity index (χ0) is 29.6. The van der Waals surface area contributed by atoms with Gasteiger partial charge in [-0.1, -0.05) is 48.5 Å². The first-order valence-corrected chi connectivity index (χ1v) is 15.3. The van der Waals surface area contributed by atoms with E-state index >= 15 is 0 Å². The largest absolute Gasteiger partial charge is 0.354 e. The van der Waals surface area contributed by atoms with E-state index in [-0.39, 0.29) is 17.6 Å². The second-order valence-electron chi connectivity index (χ2n) is 11.6. The number of likely N-dealkylation sites (N-methyl/N-ethyl adjacent to an activating group) is 1. The highest BCUT2D eigenvalue weighted by atomic mass is 19.1. The van der Waals surface area contributed by atoms with Crippen molar-refractivity contribution in [1.82, 2.24) is 19.8 Å². The van der Waals surface area contributed by atoms with Crippen LogP contribution < -0.4 is 10.6 Å². The van der Waals surface area contributed by atoms with E-state index < -0.39 is 0 Å². The third-order valence-electron chi connectivity index (χ3n) is 8.54. The molecule has 1 amide bonds. The molecule has 1 atom stereocenters. The quantitative estimate of drug-likeness (QED) is 0.239. The smallest absolute Gasteiger partial charge is 0.224 e. The van der Waals surface area contributed by atoms with Gasteiger partial charge in [-0.25, -0.2) is 14.4 Å². The number of nitrogens with zero attached hydrogens (tertiary/aromatic N) is 4. The van der Waals surface area contributed by atoms with Crippen LogP contribution in [0, 0.1) is 5.82 Å². The highest BCUT2D eigenvalue weighted by Gasteiger charge is 2.27. The molecule has 1 aliphatic carbocycles. The molecule has 2 heterocycles. The van der Waals surface area contributed by atoms with E-state index in [0.717, 1.165) is 80.2 Å². The fourth-order valence-electron chi connectivity index (χ4n) is 6.07. The van der Waals surface area contributed by atoms with E-state index in [1.165, 1.54) is 23.3 Å². The lowest BCUT2D eigenvalue weighted by atomic mass is 9.78. The molecule has 1 aromatic heterocycles. The van der Waals surface area contributed by atoms with Gasteiger partial charge in [-0.3, -0.25) is 4.79 Å². The summed E-state index contributed by atoms with van der Waals surface area (Å²) in [7, 11) is 2.19. The molecule has 43 heavy (non-hydrogen) atoms. The maximum atomic E-state index is 13.4. The summed E-state index contributed by atoms with van der Waals surface area (Å²) in [5.74, 6) is 0.487. The molecule has 6 rings (SSSR count). The first kappa shape index (κ1) is 29.0. The summed E-state index contributed by atoms with van der Waals surface area (Å²) in [5, 5.41) is 6.42. The molecule has 1 aliphatic heterocycles. The van der Waals surface area contributed by atoms with Gasteiger partial charge in [0.25, 0.3) is 0 Å². The van der Waals surface area contributed by atoms with Crippen LogP contribution in [0.15, 0.2) is 79.0 Å². The Morgan fingerprint density at radius 1 is 1.00 bits per heavy atom. The number of carbonyl (C=O) groups is 1. The second kappa shape index (κ2) is 13.4. The van der Waals surface area contributed by atoms with Crippen molar-refractivity contribution >= 4 is 17.5 Å². The van der Waals surface area contributed by atoms with Crippen LogP contribution in [0.3, 0.4) is 0 Å². The average Bonchev–Trinajstić information content (AvgIpc) is 3.03. The van der Waals surface area contributed by atoms with Crippen LogP contribution in [0.1, 0.15) is 41.0 Å². The van der Waals surface area contributed by atoms with Gasteiger partial charge in [-0.2, -0.15) is 0 Å². The maximum absolute atomic E-state index is 13.4. The number of fused-ring (bicyclic) bond motifs is 3. The number of amides is 1. The lowest BCUT2D eigenvalue weighted by Crippen LogP contribution is -2.44. The van der Waals surface area contributed by atoms with Gasteiger partial charge in [0.05, 0.1) is 5.69 Å². The minimum atomic E-state index is -0.281. The summed E-state index contributed by atoms with van der Waals surface area (Å²) in [5.41, 5.74) is 7.29. The number of halogens is 1. The standard InChI is InChI=1S/C35H39FN6O/c1-41-18-20-42(21-19-41)17-5-16-37-35-38-24-27-23-32(30-8-2-3-9-31(30)34(27)40-35)26-11-13-29(14-12-26)39-33(43)15-10-25-6-4-7-28(36)22-25/h2-4,6-9,11-14,22,24,32H,5,10,15-21,23H2,1H3,(H,39,43)(H,37,38,40). The summed E-state index contributed by atoms with van der Waals surface area (Å²) in [6, 6.07) is 23.0.